The van der Waals surface area contributed by atoms with E-state index in [0.29, 0.717) is 22.4 Å². The summed E-state index contributed by atoms with van der Waals surface area (Å²) in [4.78, 5) is 15.8. The first kappa shape index (κ1) is 16.9. The van der Waals surface area contributed by atoms with Gasteiger partial charge in [0.15, 0.2) is 0 Å². The maximum absolute atomic E-state index is 11.8. The van der Waals surface area contributed by atoms with Crippen LogP contribution in [0.1, 0.15) is 17.5 Å². The van der Waals surface area contributed by atoms with E-state index < -0.39 is 6.10 Å². The van der Waals surface area contributed by atoms with Crippen molar-refractivity contribution in [3.05, 3.63) is 53.1 Å². The molecule has 0 unspecified atom stereocenters. The molecule has 0 aliphatic rings. The zero-order chi connectivity index (χ0) is 15.9. The zero-order valence-electron chi connectivity index (χ0n) is 12.2. The van der Waals surface area contributed by atoms with E-state index in [1.807, 2.05) is 24.3 Å². The lowest BCUT2D eigenvalue weighted by molar-refractivity contribution is -0.119. The largest absolute Gasteiger partial charge is 0.383 e. The predicted octanol–water partition coefficient (Wildman–Crippen LogP) is 2.16. The minimum absolute atomic E-state index is 0.120. The molecule has 1 aromatic carbocycles. The van der Waals surface area contributed by atoms with Crippen LogP contribution in [0.5, 0.6) is 0 Å². The van der Waals surface area contributed by atoms with Crippen LogP contribution >= 0.6 is 23.4 Å². The minimum atomic E-state index is -0.808. The fraction of sp³-hybridized carbons (Fsp3) is 0.333. The van der Waals surface area contributed by atoms with Gasteiger partial charge < -0.3 is 15.0 Å². The molecule has 5 nitrogen and oxygen atoms in total. The van der Waals surface area contributed by atoms with Crippen molar-refractivity contribution in [1.29, 1.82) is 0 Å². The van der Waals surface area contributed by atoms with E-state index >= 15 is 0 Å². The van der Waals surface area contributed by atoms with Gasteiger partial charge in [0.2, 0.25) is 5.91 Å². The molecule has 7 heteroatoms. The number of aromatic nitrogens is 2. The van der Waals surface area contributed by atoms with Gasteiger partial charge in [-0.15, -0.1) is 11.8 Å². The number of aliphatic hydroxyl groups is 1. The van der Waals surface area contributed by atoms with E-state index in [9.17, 15) is 9.90 Å². The molecule has 0 saturated heterocycles. The second kappa shape index (κ2) is 8.22. The Bertz CT molecular complexity index is 633. The Morgan fingerprint density at radius 1 is 1.50 bits per heavy atom. The molecule has 2 N–H and O–H groups in total. The first-order valence-electron chi connectivity index (χ1n) is 6.81. The third kappa shape index (κ3) is 4.76. The molecule has 0 radical (unpaired) electrons. The molecule has 118 valence electrons. The number of rotatable bonds is 7. The van der Waals surface area contributed by atoms with Crippen LogP contribution in [-0.2, 0) is 17.6 Å². The molecule has 1 amide bonds. The van der Waals surface area contributed by atoms with Gasteiger partial charge in [-0.05, 0) is 11.6 Å². The summed E-state index contributed by atoms with van der Waals surface area (Å²) >= 11 is 7.54. The van der Waals surface area contributed by atoms with E-state index in [4.69, 9.17) is 11.6 Å². The van der Waals surface area contributed by atoms with Crippen molar-refractivity contribution < 1.29 is 9.90 Å². The van der Waals surface area contributed by atoms with Crippen LogP contribution in [0.25, 0.3) is 0 Å². The number of halogens is 1. The number of carbonyl (C=O) groups excluding carboxylic acids is 1. The van der Waals surface area contributed by atoms with Crippen LogP contribution < -0.4 is 5.32 Å². The summed E-state index contributed by atoms with van der Waals surface area (Å²) < 4.78 is 1.73. The van der Waals surface area contributed by atoms with Crippen LogP contribution in [0.15, 0.2) is 36.7 Å². The zero-order valence-corrected chi connectivity index (χ0v) is 13.8. The quantitative estimate of drug-likeness (QED) is 0.811. The summed E-state index contributed by atoms with van der Waals surface area (Å²) in [5.41, 5.74) is 1.01. The highest BCUT2D eigenvalue weighted by atomic mass is 35.5. The van der Waals surface area contributed by atoms with Crippen LogP contribution in [0.3, 0.4) is 0 Å². The van der Waals surface area contributed by atoms with Crippen molar-refractivity contribution in [3.8, 4) is 0 Å². The first-order valence-corrected chi connectivity index (χ1v) is 8.34. The predicted molar refractivity (Wildman–Crippen MR) is 88.8 cm³/mol. The van der Waals surface area contributed by atoms with Crippen LogP contribution in [0.2, 0.25) is 5.02 Å². The lowest BCUT2D eigenvalue weighted by Gasteiger charge is -2.11. The molecule has 1 heterocycles. The molecule has 0 fully saturated rings. The van der Waals surface area contributed by atoms with Crippen molar-refractivity contribution >= 4 is 29.3 Å². The Morgan fingerprint density at radius 2 is 2.27 bits per heavy atom. The average molecular weight is 340 g/mol. The van der Waals surface area contributed by atoms with Crippen molar-refractivity contribution in [1.82, 2.24) is 14.9 Å². The summed E-state index contributed by atoms with van der Waals surface area (Å²) in [6, 6.07) is 7.58. The number of thioether (sulfide) groups is 1. The van der Waals surface area contributed by atoms with Gasteiger partial charge in [-0.3, -0.25) is 4.79 Å². The topological polar surface area (TPSA) is 67.2 Å². The Morgan fingerprint density at radius 3 is 2.95 bits per heavy atom. The number of aliphatic hydroxyl groups excluding tert-OH is 1. The highest BCUT2D eigenvalue weighted by Gasteiger charge is 2.13. The minimum Gasteiger partial charge on any atom is -0.383 e. The van der Waals surface area contributed by atoms with Gasteiger partial charge in [0.05, 0.1) is 12.3 Å². The van der Waals surface area contributed by atoms with E-state index in [-0.39, 0.29) is 12.5 Å². The number of nitrogens with zero attached hydrogens (tertiary/aromatic N) is 2. The Balaban J connectivity index is 1.70. The molecule has 0 saturated carbocycles. The van der Waals surface area contributed by atoms with E-state index in [2.05, 4.69) is 10.3 Å². The fourth-order valence-corrected chi connectivity index (χ4v) is 3.06. The van der Waals surface area contributed by atoms with Crippen molar-refractivity contribution in [2.24, 2.45) is 7.05 Å². The third-order valence-corrected chi connectivity index (χ3v) is 4.45. The summed E-state index contributed by atoms with van der Waals surface area (Å²) in [5, 5.41) is 13.4. The van der Waals surface area contributed by atoms with Gasteiger partial charge in [0.1, 0.15) is 11.9 Å². The number of aryl methyl sites for hydroxylation is 1. The van der Waals surface area contributed by atoms with Gasteiger partial charge >= 0.3 is 0 Å². The molecular formula is C15H18ClN3O2S. The van der Waals surface area contributed by atoms with Gasteiger partial charge in [-0.2, -0.15) is 0 Å². The molecule has 22 heavy (non-hydrogen) atoms. The number of hydrogen-bond donors (Lipinski definition) is 2. The standard InChI is InChI=1S/C15H18ClN3O2S/c1-19-7-6-17-15(19)13(20)8-18-14(21)10-22-9-11-4-2-3-5-12(11)16/h2-7,13,20H,8-10H2,1H3,(H,18,21)/t13-/m1/s1. The highest BCUT2D eigenvalue weighted by Crippen LogP contribution is 2.20. The van der Waals surface area contributed by atoms with E-state index in [1.54, 1.807) is 24.0 Å². The molecule has 1 atom stereocenters. The molecule has 1 aromatic heterocycles. The lowest BCUT2D eigenvalue weighted by atomic mass is 10.2. The van der Waals surface area contributed by atoms with Gasteiger partial charge in [-0.1, -0.05) is 29.8 Å². The third-order valence-electron chi connectivity index (χ3n) is 3.10. The van der Waals surface area contributed by atoms with Gasteiger partial charge in [0.25, 0.3) is 0 Å². The molecule has 0 spiro atoms. The summed E-state index contributed by atoms with van der Waals surface area (Å²) in [6.07, 6.45) is 2.55. The Hall–Kier alpha value is -1.50. The molecule has 0 aliphatic heterocycles. The number of imidazole rings is 1. The number of benzene rings is 1. The number of nitrogens with one attached hydrogen (secondary N) is 1. The average Bonchev–Trinajstić information content (AvgIpc) is 2.93. The Labute approximate surface area is 138 Å². The fourth-order valence-electron chi connectivity index (χ4n) is 1.92. The summed E-state index contributed by atoms with van der Waals surface area (Å²) in [5.74, 6) is 1.40. The summed E-state index contributed by atoms with van der Waals surface area (Å²) in [6.45, 7) is 0.149. The monoisotopic (exact) mass is 339 g/mol. The maximum Gasteiger partial charge on any atom is 0.230 e. The smallest absolute Gasteiger partial charge is 0.230 e. The van der Waals surface area contributed by atoms with Crippen molar-refractivity contribution in [2.45, 2.75) is 11.9 Å². The Kier molecular flexibility index (Phi) is 6.30. The van der Waals surface area contributed by atoms with Crippen molar-refractivity contribution in [2.75, 3.05) is 12.3 Å². The molecule has 2 rings (SSSR count). The molecule has 0 aliphatic carbocycles. The van der Waals surface area contributed by atoms with Crippen LogP contribution in [0.4, 0.5) is 0 Å². The molecule has 0 bridgehead atoms. The summed E-state index contributed by atoms with van der Waals surface area (Å²) in [7, 11) is 1.80. The second-order valence-electron chi connectivity index (χ2n) is 4.80. The van der Waals surface area contributed by atoms with E-state index in [1.165, 1.54) is 11.8 Å². The number of carbonyl (C=O) groups is 1. The van der Waals surface area contributed by atoms with Crippen LogP contribution in [-0.4, -0.2) is 32.9 Å². The normalized spacial score (nSPS) is 12.1. The number of amides is 1. The van der Waals surface area contributed by atoms with Gasteiger partial charge in [-0.25, -0.2) is 4.98 Å². The molecular weight excluding hydrogens is 322 g/mol. The SMILES string of the molecule is Cn1ccnc1[C@H](O)CNC(=O)CSCc1ccccc1Cl. The lowest BCUT2D eigenvalue weighted by Crippen LogP contribution is -2.30. The molecule has 2 aromatic rings. The first-order chi connectivity index (χ1) is 10.6. The highest BCUT2D eigenvalue weighted by molar-refractivity contribution is 7.99. The second-order valence-corrected chi connectivity index (χ2v) is 6.19. The number of hydrogen-bond acceptors (Lipinski definition) is 4. The van der Waals surface area contributed by atoms with Crippen LogP contribution in [0, 0.1) is 0 Å². The van der Waals surface area contributed by atoms with Crippen molar-refractivity contribution in [3.63, 3.8) is 0 Å². The van der Waals surface area contributed by atoms with E-state index in [0.717, 1.165) is 5.56 Å². The van der Waals surface area contributed by atoms with Gasteiger partial charge in [0, 0.05) is 30.2 Å². The maximum atomic E-state index is 11.8.